The average Bonchev–Trinajstić information content (AvgIpc) is 2.64. The lowest BCUT2D eigenvalue weighted by atomic mass is 10.2. The molecule has 4 rings (SSSR count). The Morgan fingerprint density at radius 2 is 1.77 bits per heavy atom. The van der Waals surface area contributed by atoms with Crippen LogP contribution in [0.1, 0.15) is 0 Å². The highest BCUT2D eigenvalue weighted by molar-refractivity contribution is 5.83. The van der Waals surface area contributed by atoms with E-state index in [4.69, 9.17) is 0 Å². The Morgan fingerprint density at radius 3 is 2.65 bits per heavy atom. The molecule has 128 valence electrons. The summed E-state index contributed by atoms with van der Waals surface area (Å²) in [7, 11) is 0. The zero-order chi connectivity index (χ0) is 17.9. The highest BCUT2D eigenvalue weighted by atomic mass is 19.1. The SMILES string of the molecule is Oc1cccc(Nc2ncc(F)c(Nc3ccc4ncccc4c3)n2)c1. The maximum atomic E-state index is 14.1. The number of pyridine rings is 1. The van der Waals surface area contributed by atoms with E-state index in [1.165, 1.54) is 6.07 Å². The van der Waals surface area contributed by atoms with Gasteiger partial charge in [-0.2, -0.15) is 4.98 Å². The summed E-state index contributed by atoms with van der Waals surface area (Å²) in [6.07, 6.45) is 2.81. The monoisotopic (exact) mass is 347 g/mol. The molecule has 0 fully saturated rings. The number of rotatable bonds is 4. The van der Waals surface area contributed by atoms with Crippen molar-refractivity contribution in [3.8, 4) is 5.75 Å². The van der Waals surface area contributed by atoms with Crippen LogP contribution in [0.3, 0.4) is 0 Å². The van der Waals surface area contributed by atoms with Crippen LogP contribution >= 0.6 is 0 Å². The summed E-state index contributed by atoms with van der Waals surface area (Å²) in [4.78, 5) is 12.4. The van der Waals surface area contributed by atoms with Crippen LogP contribution in [0.15, 0.2) is 67.0 Å². The fourth-order valence-corrected chi connectivity index (χ4v) is 2.52. The fourth-order valence-electron chi connectivity index (χ4n) is 2.52. The lowest BCUT2D eigenvalue weighted by Gasteiger charge is -2.10. The molecule has 3 N–H and O–H groups in total. The van der Waals surface area contributed by atoms with Crippen LogP contribution in [-0.2, 0) is 0 Å². The van der Waals surface area contributed by atoms with Crippen molar-refractivity contribution in [2.75, 3.05) is 10.6 Å². The number of fused-ring (bicyclic) bond motifs is 1. The minimum absolute atomic E-state index is 0.0471. The molecule has 0 saturated carbocycles. The number of nitrogens with zero attached hydrogens (tertiary/aromatic N) is 3. The first kappa shape index (κ1) is 15.8. The molecular formula is C19H14FN5O. The smallest absolute Gasteiger partial charge is 0.229 e. The van der Waals surface area contributed by atoms with E-state index < -0.39 is 5.82 Å². The molecule has 2 aromatic carbocycles. The normalized spacial score (nSPS) is 10.7. The lowest BCUT2D eigenvalue weighted by Crippen LogP contribution is -2.03. The molecule has 6 nitrogen and oxygen atoms in total. The molecular weight excluding hydrogens is 333 g/mol. The van der Waals surface area contributed by atoms with E-state index in [-0.39, 0.29) is 17.5 Å². The van der Waals surface area contributed by atoms with Crippen molar-refractivity contribution in [2.45, 2.75) is 0 Å². The molecule has 2 heterocycles. The molecule has 0 aliphatic carbocycles. The molecule has 2 aromatic heterocycles. The first-order valence-corrected chi connectivity index (χ1v) is 7.88. The van der Waals surface area contributed by atoms with Gasteiger partial charge >= 0.3 is 0 Å². The predicted octanol–water partition coefficient (Wildman–Crippen LogP) is 4.36. The number of hydrogen-bond acceptors (Lipinski definition) is 6. The number of aromatic hydroxyl groups is 1. The van der Waals surface area contributed by atoms with Crippen LogP contribution in [0.2, 0.25) is 0 Å². The van der Waals surface area contributed by atoms with Crippen LogP contribution in [0.5, 0.6) is 5.75 Å². The second kappa shape index (κ2) is 6.64. The van der Waals surface area contributed by atoms with Gasteiger partial charge in [0.2, 0.25) is 5.95 Å². The van der Waals surface area contributed by atoms with E-state index in [9.17, 15) is 9.50 Å². The van der Waals surface area contributed by atoms with Crippen LogP contribution in [0.25, 0.3) is 10.9 Å². The third kappa shape index (κ3) is 3.36. The molecule has 0 aliphatic rings. The molecule has 7 heteroatoms. The Morgan fingerprint density at radius 1 is 0.885 bits per heavy atom. The molecule has 0 unspecified atom stereocenters. The second-order valence-corrected chi connectivity index (χ2v) is 5.60. The number of nitrogens with one attached hydrogen (secondary N) is 2. The zero-order valence-corrected chi connectivity index (χ0v) is 13.5. The highest BCUT2D eigenvalue weighted by Crippen LogP contribution is 2.24. The number of phenols is 1. The topological polar surface area (TPSA) is 83.0 Å². The van der Waals surface area contributed by atoms with Crippen molar-refractivity contribution < 1.29 is 9.50 Å². The summed E-state index contributed by atoms with van der Waals surface area (Å²) in [5, 5.41) is 16.3. The van der Waals surface area contributed by atoms with Gasteiger partial charge in [0, 0.05) is 29.0 Å². The summed E-state index contributed by atoms with van der Waals surface area (Å²) in [5.74, 6) is -0.203. The summed E-state index contributed by atoms with van der Waals surface area (Å²) in [5.41, 5.74) is 2.14. The molecule has 0 saturated heterocycles. The van der Waals surface area contributed by atoms with Gasteiger partial charge in [-0.15, -0.1) is 0 Å². The number of halogens is 1. The minimum atomic E-state index is -0.572. The van der Waals surface area contributed by atoms with Crippen molar-refractivity contribution >= 4 is 34.0 Å². The molecule has 4 aromatic rings. The van der Waals surface area contributed by atoms with Crippen molar-refractivity contribution in [1.82, 2.24) is 15.0 Å². The van der Waals surface area contributed by atoms with Gasteiger partial charge in [0.1, 0.15) is 5.75 Å². The van der Waals surface area contributed by atoms with Crippen LogP contribution in [0.4, 0.5) is 27.5 Å². The van der Waals surface area contributed by atoms with Crippen LogP contribution < -0.4 is 10.6 Å². The second-order valence-electron chi connectivity index (χ2n) is 5.60. The van der Waals surface area contributed by atoms with Gasteiger partial charge in [-0.25, -0.2) is 9.37 Å². The summed E-state index contributed by atoms with van der Waals surface area (Å²) in [6.45, 7) is 0. The lowest BCUT2D eigenvalue weighted by molar-refractivity contribution is 0.475. The summed E-state index contributed by atoms with van der Waals surface area (Å²) in [6, 6.07) is 15.8. The fraction of sp³-hybridized carbons (Fsp3) is 0. The van der Waals surface area contributed by atoms with E-state index in [2.05, 4.69) is 25.6 Å². The van der Waals surface area contributed by atoms with Crippen molar-refractivity contribution in [3.05, 3.63) is 72.8 Å². The summed E-state index contributed by atoms with van der Waals surface area (Å²) < 4.78 is 14.1. The Kier molecular flexibility index (Phi) is 4.03. The van der Waals surface area contributed by atoms with Gasteiger partial charge in [0.15, 0.2) is 11.6 Å². The molecule has 0 aliphatic heterocycles. The first-order chi connectivity index (χ1) is 12.7. The Bertz CT molecular complexity index is 1090. The predicted molar refractivity (Wildman–Crippen MR) is 98.4 cm³/mol. The van der Waals surface area contributed by atoms with Crippen molar-refractivity contribution in [1.29, 1.82) is 0 Å². The van der Waals surface area contributed by atoms with Crippen molar-refractivity contribution in [3.63, 3.8) is 0 Å². The quantitative estimate of drug-likeness (QED) is 0.509. The number of anilines is 4. The Balaban J connectivity index is 1.61. The molecule has 0 atom stereocenters. The average molecular weight is 347 g/mol. The van der Waals surface area contributed by atoms with E-state index in [1.807, 2.05) is 24.3 Å². The van der Waals surface area contributed by atoms with Gasteiger partial charge in [-0.1, -0.05) is 12.1 Å². The van der Waals surface area contributed by atoms with Crippen LogP contribution in [0, 0.1) is 5.82 Å². The van der Waals surface area contributed by atoms with Gasteiger partial charge in [-0.3, -0.25) is 4.98 Å². The molecule has 26 heavy (non-hydrogen) atoms. The summed E-state index contributed by atoms with van der Waals surface area (Å²) >= 11 is 0. The Hall–Kier alpha value is -3.74. The van der Waals surface area contributed by atoms with Gasteiger partial charge in [0.25, 0.3) is 0 Å². The highest BCUT2D eigenvalue weighted by Gasteiger charge is 2.08. The van der Waals surface area contributed by atoms with E-state index in [0.717, 1.165) is 17.1 Å². The van der Waals surface area contributed by atoms with E-state index >= 15 is 0 Å². The molecule has 0 radical (unpaired) electrons. The maximum Gasteiger partial charge on any atom is 0.229 e. The zero-order valence-electron chi connectivity index (χ0n) is 13.5. The Labute approximate surface area is 148 Å². The number of benzene rings is 2. The number of hydrogen-bond donors (Lipinski definition) is 3. The van der Waals surface area contributed by atoms with Gasteiger partial charge in [0.05, 0.1) is 11.7 Å². The van der Waals surface area contributed by atoms with Crippen molar-refractivity contribution in [2.24, 2.45) is 0 Å². The molecule has 0 bridgehead atoms. The standard InChI is InChI=1S/C19H14FN5O/c20-16-11-22-19(24-13-4-1-5-15(26)10-13)25-18(16)23-14-6-7-17-12(9-14)3-2-8-21-17/h1-11,26H,(H2,22,23,24,25). The van der Waals surface area contributed by atoms with E-state index in [0.29, 0.717) is 11.4 Å². The van der Waals surface area contributed by atoms with Gasteiger partial charge < -0.3 is 15.7 Å². The molecule has 0 amide bonds. The maximum absolute atomic E-state index is 14.1. The first-order valence-electron chi connectivity index (χ1n) is 7.88. The minimum Gasteiger partial charge on any atom is -0.508 e. The molecule has 0 spiro atoms. The number of phenolic OH excluding ortho intramolecular Hbond substituents is 1. The largest absolute Gasteiger partial charge is 0.508 e. The van der Waals surface area contributed by atoms with Crippen LogP contribution in [-0.4, -0.2) is 20.1 Å². The van der Waals surface area contributed by atoms with Gasteiger partial charge in [-0.05, 0) is 36.4 Å². The van der Waals surface area contributed by atoms with E-state index in [1.54, 1.807) is 30.5 Å². The third-order valence-electron chi connectivity index (χ3n) is 3.71. The number of aromatic nitrogens is 3. The third-order valence-corrected chi connectivity index (χ3v) is 3.71.